The summed E-state index contributed by atoms with van der Waals surface area (Å²) in [6, 6.07) is 33.8. The van der Waals surface area contributed by atoms with Gasteiger partial charge in [0.05, 0.1) is 0 Å². The van der Waals surface area contributed by atoms with E-state index < -0.39 is 12.7 Å². The summed E-state index contributed by atoms with van der Waals surface area (Å²) in [6.07, 6.45) is -8.72. The first kappa shape index (κ1) is 40.1. The molecular formula is C41H26F6I4O2. The second-order valence-corrected chi connectivity index (χ2v) is 16.9. The van der Waals surface area contributed by atoms with Gasteiger partial charge in [0.1, 0.15) is 11.5 Å². The molecule has 0 amide bonds. The van der Waals surface area contributed by atoms with E-state index >= 15 is 0 Å². The van der Waals surface area contributed by atoms with Crippen molar-refractivity contribution in [3.8, 4) is 56.0 Å². The Labute approximate surface area is 357 Å². The molecule has 6 aromatic carbocycles. The third kappa shape index (κ3) is 10.00. The molecule has 0 heterocycles. The first-order chi connectivity index (χ1) is 24.9. The highest BCUT2D eigenvalue weighted by Gasteiger charge is 2.32. The molecule has 0 unspecified atom stereocenters. The van der Waals surface area contributed by atoms with Crippen LogP contribution >= 0.6 is 90.4 Å². The van der Waals surface area contributed by atoms with E-state index in [0.717, 1.165) is 69.2 Å². The molecule has 0 radical (unpaired) electrons. The van der Waals surface area contributed by atoms with Crippen molar-refractivity contribution in [2.45, 2.75) is 33.0 Å². The predicted molar refractivity (Wildman–Crippen MR) is 231 cm³/mol. The second-order valence-electron chi connectivity index (χ2n) is 12.2. The molecule has 0 bridgehead atoms. The fraction of sp³-hybridized carbons (Fsp3) is 0.122. The summed E-state index contributed by atoms with van der Waals surface area (Å²) in [5.41, 5.74) is 12.3. The lowest BCUT2D eigenvalue weighted by atomic mass is 9.93. The lowest BCUT2D eigenvalue weighted by Gasteiger charge is -2.15. The molecule has 0 fully saturated rings. The standard InChI is InChI=1S/C41H26F6I4O2/c1-22-15-24(34-13-9-30(20-38(34)50)52-40(42,43)44)7-11-32(22)26-3-5-28(36(48)18-26)17-29-6-4-27(19-37(29)49)33-12-8-25(16-23(33)2)35-14-10-31(21-39(35)51)53-41(45,46)47/h3-16,18-21H,17H2,1-2H3. The van der Waals surface area contributed by atoms with Crippen LogP contribution in [0.4, 0.5) is 26.3 Å². The summed E-state index contributed by atoms with van der Waals surface area (Å²) in [5, 5.41) is 0. The average molecular weight is 1170 g/mol. The highest BCUT2D eigenvalue weighted by molar-refractivity contribution is 14.1. The molecule has 0 saturated heterocycles. The summed E-state index contributed by atoms with van der Waals surface area (Å²) >= 11 is 8.82. The van der Waals surface area contributed by atoms with Gasteiger partial charge in [-0.2, -0.15) is 0 Å². The third-order valence-electron chi connectivity index (χ3n) is 8.53. The molecule has 0 N–H and O–H groups in total. The van der Waals surface area contributed by atoms with Crippen LogP contribution in [0.2, 0.25) is 0 Å². The summed E-state index contributed by atoms with van der Waals surface area (Å²) in [7, 11) is 0. The topological polar surface area (TPSA) is 18.5 Å². The molecule has 0 saturated carbocycles. The first-order valence-corrected chi connectivity index (χ1v) is 20.2. The fourth-order valence-electron chi connectivity index (χ4n) is 6.09. The Morgan fingerprint density at radius 3 is 1.08 bits per heavy atom. The van der Waals surface area contributed by atoms with Crippen LogP contribution in [-0.2, 0) is 6.42 Å². The molecule has 0 aliphatic heterocycles. The van der Waals surface area contributed by atoms with Gasteiger partial charge < -0.3 is 9.47 Å². The Hall–Kier alpha value is -2.58. The highest BCUT2D eigenvalue weighted by Crippen LogP contribution is 2.37. The first-order valence-electron chi connectivity index (χ1n) is 15.8. The largest absolute Gasteiger partial charge is 0.573 e. The van der Waals surface area contributed by atoms with Gasteiger partial charge in [0.2, 0.25) is 0 Å². The maximum Gasteiger partial charge on any atom is 0.573 e. The van der Waals surface area contributed by atoms with E-state index in [2.05, 4.69) is 91.1 Å². The SMILES string of the molecule is Cc1cc(-c2ccc(OC(F)(F)F)cc2I)ccc1-c1ccc(Cc2ccc(-c3ccc(-c4ccc(OC(F)(F)F)cc4I)cc3C)cc2I)c(I)c1. The van der Waals surface area contributed by atoms with Crippen molar-refractivity contribution in [3.05, 3.63) is 146 Å². The van der Waals surface area contributed by atoms with Crippen LogP contribution in [-0.4, -0.2) is 12.7 Å². The minimum Gasteiger partial charge on any atom is -0.406 e. The number of hydrogen-bond donors (Lipinski definition) is 0. The molecule has 12 heteroatoms. The van der Waals surface area contributed by atoms with Gasteiger partial charge in [-0.3, -0.25) is 0 Å². The minimum atomic E-state index is -4.74. The smallest absolute Gasteiger partial charge is 0.406 e. The average Bonchev–Trinajstić information content (AvgIpc) is 3.05. The van der Waals surface area contributed by atoms with Crippen LogP contribution in [0.25, 0.3) is 44.5 Å². The summed E-state index contributed by atoms with van der Waals surface area (Å²) < 4.78 is 87.7. The van der Waals surface area contributed by atoms with Crippen molar-refractivity contribution in [2.75, 3.05) is 0 Å². The number of benzene rings is 6. The van der Waals surface area contributed by atoms with Gasteiger partial charge in [-0.15, -0.1) is 26.3 Å². The number of halogens is 10. The molecule has 272 valence electrons. The van der Waals surface area contributed by atoms with Gasteiger partial charge in [0, 0.05) is 14.3 Å². The van der Waals surface area contributed by atoms with Crippen LogP contribution in [0.3, 0.4) is 0 Å². The van der Waals surface area contributed by atoms with E-state index in [0.29, 0.717) is 7.14 Å². The van der Waals surface area contributed by atoms with E-state index in [1.165, 1.54) is 35.4 Å². The van der Waals surface area contributed by atoms with Gasteiger partial charge >= 0.3 is 12.7 Å². The number of ether oxygens (including phenoxy) is 2. The summed E-state index contributed by atoms with van der Waals surface area (Å²) in [5.74, 6) is -0.490. The molecule has 2 nitrogen and oxygen atoms in total. The lowest BCUT2D eigenvalue weighted by Crippen LogP contribution is -2.17. The third-order valence-corrected chi connectivity index (χ3v) is 12.3. The molecule has 6 rings (SSSR count). The van der Waals surface area contributed by atoms with Crippen LogP contribution in [0.15, 0.2) is 109 Å². The van der Waals surface area contributed by atoms with Crippen molar-refractivity contribution >= 4 is 90.4 Å². The molecule has 0 aliphatic carbocycles. The Morgan fingerprint density at radius 1 is 0.415 bits per heavy atom. The molecule has 0 aromatic heterocycles. The molecule has 0 spiro atoms. The lowest BCUT2D eigenvalue weighted by molar-refractivity contribution is -0.275. The van der Waals surface area contributed by atoms with Crippen molar-refractivity contribution < 1.29 is 35.8 Å². The normalized spacial score (nSPS) is 11.8. The molecule has 53 heavy (non-hydrogen) atoms. The Kier molecular flexibility index (Phi) is 12.3. The Morgan fingerprint density at radius 2 is 0.755 bits per heavy atom. The van der Waals surface area contributed by atoms with E-state index in [-0.39, 0.29) is 11.5 Å². The zero-order valence-corrected chi connectivity index (χ0v) is 36.3. The Balaban J connectivity index is 1.17. The Bertz CT molecular complexity index is 2170. The number of hydrogen-bond acceptors (Lipinski definition) is 2. The molecule has 0 atom stereocenters. The zero-order valence-electron chi connectivity index (χ0n) is 27.7. The maximum absolute atomic E-state index is 12.7. The van der Waals surface area contributed by atoms with Gasteiger partial charge in [0.25, 0.3) is 0 Å². The number of aryl methyl sites for hydroxylation is 2. The van der Waals surface area contributed by atoms with E-state index in [1.54, 1.807) is 12.1 Å². The second kappa shape index (κ2) is 16.3. The van der Waals surface area contributed by atoms with Gasteiger partial charge in [0.15, 0.2) is 0 Å². The monoisotopic (exact) mass is 1170 g/mol. The van der Waals surface area contributed by atoms with E-state index in [1.807, 2.05) is 95.4 Å². The van der Waals surface area contributed by atoms with Crippen molar-refractivity contribution in [1.82, 2.24) is 0 Å². The van der Waals surface area contributed by atoms with Crippen LogP contribution < -0.4 is 9.47 Å². The minimum absolute atomic E-state index is 0.245. The maximum atomic E-state index is 12.7. The van der Waals surface area contributed by atoms with Crippen LogP contribution in [0.1, 0.15) is 22.3 Å². The van der Waals surface area contributed by atoms with E-state index in [4.69, 9.17) is 0 Å². The van der Waals surface area contributed by atoms with Crippen molar-refractivity contribution in [2.24, 2.45) is 0 Å². The summed E-state index contributed by atoms with van der Waals surface area (Å²) in [4.78, 5) is 0. The van der Waals surface area contributed by atoms with Crippen LogP contribution in [0.5, 0.6) is 11.5 Å². The van der Waals surface area contributed by atoms with E-state index in [9.17, 15) is 26.3 Å². The van der Waals surface area contributed by atoms with Crippen LogP contribution in [0, 0.1) is 28.1 Å². The predicted octanol–water partition coefficient (Wildman–Crippen LogP) is 14.8. The van der Waals surface area contributed by atoms with Gasteiger partial charge in [-0.1, -0.05) is 60.7 Å². The number of alkyl halides is 6. The summed E-state index contributed by atoms with van der Waals surface area (Å²) in [6.45, 7) is 4.06. The van der Waals surface area contributed by atoms with Gasteiger partial charge in [-0.05, 0) is 226 Å². The van der Waals surface area contributed by atoms with Gasteiger partial charge in [-0.25, -0.2) is 0 Å². The molecule has 6 aromatic rings. The zero-order chi connectivity index (χ0) is 38.2. The van der Waals surface area contributed by atoms with Crippen molar-refractivity contribution in [3.63, 3.8) is 0 Å². The molecule has 0 aliphatic rings. The fourth-order valence-corrected chi connectivity index (χ4v) is 9.09. The van der Waals surface area contributed by atoms with Crippen molar-refractivity contribution in [1.29, 1.82) is 0 Å². The highest BCUT2D eigenvalue weighted by atomic mass is 127. The number of rotatable bonds is 8. The molecular weight excluding hydrogens is 1150 g/mol. The quantitative estimate of drug-likeness (QED) is 0.112.